The van der Waals surface area contributed by atoms with Gasteiger partial charge < -0.3 is 9.88 Å². The number of aromatic nitrogens is 1. The normalized spacial score (nSPS) is 8.71. The Morgan fingerprint density at radius 3 is 1.79 bits per heavy atom. The van der Waals surface area contributed by atoms with Crippen LogP contribution in [0.2, 0.25) is 0 Å². The van der Waals surface area contributed by atoms with Crippen LogP contribution in [-0.2, 0) is 39.3 Å². The topological polar surface area (TPSA) is 19.0 Å². The van der Waals surface area contributed by atoms with Gasteiger partial charge in [0.15, 0.2) is 0 Å². The van der Waals surface area contributed by atoms with Gasteiger partial charge in [-0.2, -0.15) is 14.1 Å². The third kappa shape index (κ3) is 4.72. The molecule has 0 atom stereocenters. The Kier molecular flexibility index (Phi) is 10.3. The van der Waals surface area contributed by atoms with Crippen molar-refractivity contribution in [2.24, 2.45) is 0 Å². The minimum absolute atomic E-state index is 0. The molecule has 1 rings (SSSR count). The van der Waals surface area contributed by atoms with Crippen LogP contribution in [0.15, 0.2) is 0 Å². The summed E-state index contributed by atoms with van der Waals surface area (Å²) in [4.78, 5) is 0. The molecule has 0 N–H and O–H groups in total. The molecular weight excluding hydrogens is 249 g/mol. The van der Waals surface area contributed by atoms with Gasteiger partial charge in [-0.15, -0.1) is 5.69 Å². The van der Waals surface area contributed by atoms with Gasteiger partial charge in [0.1, 0.15) is 0 Å². The summed E-state index contributed by atoms with van der Waals surface area (Å²) >= 11 is 0. The molecular formula is C11H20N2Y-2. The summed E-state index contributed by atoms with van der Waals surface area (Å²) in [6, 6.07) is 3.29. The van der Waals surface area contributed by atoms with Gasteiger partial charge in [-0.1, -0.05) is 19.5 Å². The molecule has 1 aromatic rings. The van der Waals surface area contributed by atoms with E-state index in [1.54, 1.807) is 14.1 Å². The van der Waals surface area contributed by atoms with Crippen LogP contribution < -0.4 is 0 Å². The first-order valence-electron chi connectivity index (χ1n) is 4.61. The summed E-state index contributed by atoms with van der Waals surface area (Å²) in [5.41, 5.74) is 3.87. The van der Waals surface area contributed by atoms with Gasteiger partial charge >= 0.3 is 0 Å². The number of rotatable bonds is 1. The Morgan fingerprint density at radius 1 is 1.21 bits per heavy atom. The Morgan fingerprint density at radius 2 is 1.64 bits per heavy atom. The maximum atomic E-state index is 3.50. The molecule has 0 unspecified atom stereocenters. The van der Waals surface area contributed by atoms with Gasteiger partial charge in [0.2, 0.25) is 0 Å². The van der Waals surface area contributed by atoms with E-state index in [9.17, 15) is 0 Å². The van der Waals surface area contributed by atoms with Crippen LogP contribution in [0.25, 0.3) is 5.32 Å². The molecule has 0 amide bonds. The van der Waals surface area contributed by atoms with Crippen molar-refractivity contribution in [2.75, 3.05) is 14.1 Å². The van der Waals surface area contributed by atoms with Gasteiger partial charge in [-0.05, 0) is 13.8 Å². The summed E-state index contributed by atoms with van der Waals surface area (Å²) < 4.78 is 2.27. The molecule has 2 nitrogen and oxygen atoms in total. The largest absolute Gasteiger partial charge is 0.668 e. The van der Waals surface area contributed by atoms with Crippen molar-refractivity contribution >= 4 is 0 Å². The van der Waals surface area contributed by atoms with E-state index in [1.807, 2.05) is 0 Å². The Labute approximate surface area is 113 Å². The van der Waals surface area contributed by atoms with E-state index < -0.39 is 0 Å². The van der Waals surface area contributed by atoms with E-state index in [-0.39, 0.29) is 32.7 Å². The minimum atomic E-state index is 0. The van der Waals surface area contributed by atoms with Crippen molar-refractivity contribution < 1.29 is 32.7 Å². The van der Waals surface area contributed by atoms with Crippen LogP contribution in [0.1, 0.15) is 23.9 Å². The van der Waals surface area contributed by atoms with Crippen LogP contribution in [0, 0.1) is 26.8 Å². The molecule has 1 radical (unpaired) electrons. The van der Waals surface area contributed by atoms with Crippen LogP contribution in [0.3, 0.4) is 0 Å². The molecule has 14 heavy (non-hydrogen) atoms. The first kappa shape index (κ1) is 16.8. The summed E-state index contributed by atoms with van der Waals surface area (Å²) in [7, 11) is 3.50. The van der Waals surface area contributed by atoms with Crippen molar-refractivity contribution in [3.05, 3.63) is 28.3 Å². The summed E-state index contributed by atoms with van der Waals surface area (Å²) in [5, 5.41) is 3.50. The molecule has 0 saturated heterocycles. The molecule has 0 aromatic carbocycles. The molecule has 0 saturated carbocycles. The SMILES string of the molecule is CCn1c(C)[c-]c(C)c1C.C[N-]C.[Y]. The van der Waals surface area contributed by atoms with Crippen LogP contribution in [-0.4, -0.2) is 18.7 Å². The molecule has 1 aromatic heterocycles. The van der Waals surface area contributed by atoms with Crippen LogP contribution in [0.5, 0.6) is 0 Å². The number of hydrogen-bond acceptors (Lipinski definition) is 0. The molecule has 1 heterocycles. The second kappa shape index (κ2) is 8.64. The maximum Gasteiger partial charge on any atom is 0.000415 e. The Balaban J connectivity index is 0. The van der Waals surface area contributed by atoms with E-state index in [0.29, 0.717) is 0 Å². The van der Waals surface area contributed by atoms with Gasteiger partial charge in [0, 0.05) is 39.3 Å². The average Bonchev–Trinajstić information content (AvgIpc) is 2.28. The van der Waals surface area contributed by atoms with Crippen molar-refractivity contribution in [3.63, 3.8) is 0 Å². The zero-order valence-corrected chi connectivity index (χ0v) is 13.0. The van der Waals surface area contributed by atoms with Gasteiger partial charge in [0.05, 0.1) is 0 Å². The van der Waals surface area contributed by atoms with Gasteiger partial charge in [0.25, 0.3) is 0 Å². The minimum Gasteiger partial charge on any atom is -0.668 e. The summed E-state index contributed by atoms with van der Waals surface area (Å²) in [6.45, 7) is 9.57. The predicted molar refractivity (Wildman–Crippen MR) is 58.4 cm³/mol. The molecule has 0 aliphatic rings. The molecule has 0 bridgehead atoms. The zero-order valence-electron chi connectivity index (χ0n) is 10.2. The third-order valence-corrected chi connectivity index (χ3v) is 2.04. The van der Waals surface area contributed by atoms with Crippen molar-refractivity contribution in [2.45, 2.75) is 34.2 Å². The van der Waals surface area contributed by atoms with Crippen molar-refractivity contribution in [3.8, 4) is 0 Å². The second-order valence-corrected chi connectivity index (χ2v) is 3.11. The smallest absolute Gasteiger partial charge is 0.000415 e. The van der Waals surface area contributed by atoms with Gasteiger partial charge in [-0.25, -0.2) is 11.6 Å². The molecule has 0 fully saturated rings. The zero-order chi connectivity index (χ0) is 10.4. The average molecular weight is 269 g/mol. The maximum absolute atomic E-state index is 3.50. The summed E-state index contributed by atoms with van der Waals surface area (Å²) in [6.07, 6.45) is 0. The second-order valence-electron chi connectivity index (χ2n) is 3.11. The predicted octanol–water partition coefficient (Wildman–Crippen LogP) is 2.85. The molecule has 0 spiro atoms. The van der Waals surface area contributed by atoms with E-state index in [1.165, 1.54) is 17.0 Å². The number of nitrogens with zero attached hydrogens (tertiary/aromatic N) is 2. The molecule has 0 aliphatic heterocycles. The summed E-state index contributed by atoms with van der Waals surface area (Å²) in [5.74, 6) is 0. The quantitative estimate of drug-likeness (QED) is 0.698. The number of aryl methyl sites for hydroxylation is 2. The van der Waals surface area contributed by atoms with Crippen molar-refractivity contribution in [1.82, 2.24) is 4.57 Å². The fraction of sp³-hybridized carbons (Fsp3) is 0.636. The number of hydrogen-bond donors (Lipinski definition) is 0. The van der Waals surface area contributed by atoms with Crippen LogP contribution in [0.4, 0.5) is 0 Å². The standard InChI is InChI=1S/C9H14N.C2H6N.Y/c1-5-10-8(3)6-7(2)9(10)4;1-3-2;/h5H2,1-4H3;1-2H3;/q2*-1;. The molecule has 0 aliphatic carbocycles. The van der Waals surface area contributed by atoms with E-state index in [2.05, 4.69) is 43.6 Å². The molecule has 3 heteroatoms. The van der Waals surface area contributed by atoms with Crippen molar-refractivity contribution in [1.29, 1.82) is 0 Å². The van der Waals surface area contributed by atoms with E-state index >= 15 is 0 Å². The third-order valence-electron chi connectivity index (χ3n) is 2.04. The Bertz CT molecular complexity index is 254. The fourth-order valence-corrected chi connectivity index (χ4v) is 1.36. The van der Waals surface area contributed by atoms with E-state index in [0.717, 1.165) is 6.54 Å². The fourth-order valence-electron chi connectivity index (χ4n) is 1.36. The Hall–Kier alpha value is 0.344. The molecule has 79 valence electrons. The first-order valence-corrected chi connectivity index (χ1v) is 4.61. The van der Waals surface area contributed by atoms with Gasteiger partial charge in [-0.3, -0.25) is 0 Å². The van der Waals surface area contributed by atoms with E-state index in [4.69, 9.17) is 0 Å². The monoisotopic (exact) mass is 269 g/mol. The first-order chi connectivity index (χ1) is 6.08. The van der Waals surface area contributed by atoms with Crippen LogP contribution >= 0.6 is 0 Å².